The van der Waals surface area contributed by atoms with Gasteiger partial charge in [-0.05, 0) is 25.5 Å². The molecule has 0 aromatic heterocycles. The van der Waals surface area contributed by atoms with Gasteiger partial charge in [0.2, 0.25) is 5.91 Å². The average Bonchev–Trinajstić information content (AvgIpc) is 2.17. The van der Waals surface area contributed by atoms with Gasteiger partial charge in [-0.2, -0.15) is 0 Å². The summed E-state index contributed by atoms with van der Waals surface area (Å²) < 4.78 is 0.911. The molecule has 0 aliphatic carbocycles. The van der Waals surface area contributed by atoms with E-state index < -0.39 is 5.41 Å². The van der Waals surface area contributed by atoms with Crippen molar-refractivity contribution in [2.75, 3.05) is 0 Å². The maximum atomic E-state index is 11.5. The third-order valence-corrected chi connectivity index (χ3v) is 2.94. The van der Waals surface area contributed by atoms with Crippen molar-refractivity contribution in [3.63, 3.8) is 0 Å². The lowest BCUT2D eigenvalue weighted by atomic mass is 9.84. The molecule has 1 aromatic carbocycles. The molecule has 1 aromatic rings. The van der Waals surface area contributed by atoms with Crippen molar-refractivity contribution in [2.24, 2.45) is 5.84 Å². The third-order valence-electron chi connectivity index (χ3n) is 2.25. The van der Waals surface area contributed by atoms with E-state index in [9.17, 15) is 4.79 Å². The number of benzene rings is 1. The number of hydrogen-bond acceptors (Lipinski definition) is 2. The van der Waals surface area contributed by atoms with Gasteiger partial charge in [0.05, 0.1) is 5.41 Å². The number of hydrogen-bond donors (Lipinski definition) is 2. The number of carbonyl (C=O) groups excluding carboxylic acids is 1. The molecule has 0 bridgehead atoms. The summed E-state index contributed by atoms with van der Waals surface area (Å²) in [5.41, 5.74) is 2.46. The van der Waals surface area contributed by atoms with E-state index in [-0.39, 0.29) is 5.91 Å². The summed E-state index contributed by atoms with van der Waals surface area (Å²) in [6, 6.07) is 7.61. The number of nitrogens with two attached hydrogens (primary N) is 1. The standard InChI is InChI=1S/C10H13BrN2O/c1-10(2,9(14)13-12)7-5-3-4-6-8(7)11/h3-6H,12H2,1-2H3,(H,13,14). The summed E-state index contributed by atoms with van der Waals surface area (Å²) in [6.07, 6.45) is 0. The molecule has 0 heterocycles. The van der Waals surface area contributed by atoms with Gasteiger partial charge in [0.25, 0.3) is 0 Å². The van der Waals surface area contributed by atoms with E-state index in [1.165, 1.54) is 0 Å². The van der Waals surface area contributed by atoms with Gasteiger partial charge < -0.3 is 0 Å². The molecular formula is C10H13BrN2O. The van der Waals surface area contributed by atoms with Crippen molar-refractivity contribution >= 4 is 21.8 Å². The lowest BCUT2D eigenvalue weighted by Gasteiger charge is -2.23. The highest BCUT2D eigenvalue weighted by molar-refractivity contribution is 9.10. The van der Waals surface area contributed by atoms with Gasteiger partial charge in [0.1, 0.15) is 0 Å². The predicted octanol–water partition coefficient (Wildman–Crippen LogP) is 1.72. The minimum absolute atomic E-state index is 0.204. The first-order chi connectivity index (χ1) is 6.50. The second-order valence-electron chi connectivity index (χ2n) is 3.58. The average molecular weight is 257 g/mol. The molecular weight excluding hydrogens is 244 g/mol. The van der Waals surface area contributed by atoms with E-state index >= 15 is 0 Å². The zero-order chi connectivity index (χ0) is 10.8. The summed E-state index contributed by atoms with van der Waals surface area (Å²) in [7, 11) is 0. The van der Waals surface area contributed by atoms with Crippen LogP contribution in [0.5, 0.6) is 0 Å². The van der Waals surface area contributed by atoms with Crippen LogP contribution in [0.4, 0.5) is 0 Å². The third kappa shape index (κ3) is 1.96. The van der Waals surface area contributed by atoms with Crippen LogP contribution in [0.2, 0.25) is 0 Å². The Labute approximate surface area is 91.8 Å². The van der Waals surface area contributed by atoms with E-state index in [0.29, 0.717) is 0 Å². The number of halogens is 1. The van der Waals surface area contributed by atoms with Crippen LogP contribution in [0, 0.1) is 0 Å². The molecule has 0 atom stereocenters. The second-order valence-corrected chi connectivity index (χ2v) is 4.43. The van der Waals surface area contributed by atoms with Crippen LogP contribution in [0.15, 0.2) is 28.7 Å². The molecule has 0 aliphatic heterocycles. The van der Waals surface area contributed by atoms with Gasteiger partial charge in [0, 0.05) is 4.47 Å². The largest absolute Gasteiger partial charge is 0.294 e. The highest BCUT2D eigenvalue weighted by Crippen LogP contribution is 2.29. The molecule has 0 spiro atoms. The van der Waals surface area contributed by atoms with Crippen LogP contribution >= 0.6 is 15.9 Å². The highest BCUT2D eigenvalue weighted by atomic mass is 79.9. The summed E-state index contributed by atoms with van der Waals surface area (Å²) in [5, 5.41) is 0. The van der Waals surface area contributed by atoms with Crippen molar-refractivity contribution in [3.05, 3.63) is 34.3 Å². The van der Waals surface area contributed by atoms with E-state index in [2.05, 4.69) is 21.4 Å². The number of hydrazine groups is 1. The van der Waals surface area contributed by atoms with Gasteiger partial charge in [-0.25, -0.2) is 5.84 Å². The Balaban J connectivity index is 3.16. The number of amides is 1. The Kier molecular flexibility index (Phi) is 3.29. The maximum absolute atomic E-state index is 11.5. The summed E-state index contributed by atoms with van der Waals surface area (Å²) in [4.78, 5) is 11.5. The first-order valence-electron chi connectivity index (χ1n) is 4.26. The quantitative estimate of drug-likeness (QED) is 0.481. The van der Waals surface area contributed by atoms with Gasteiger partial charge in [-0.15, -0.1) is 0 Å². The van der Waals surface area contributed by atoms with Gasteiger partial charge >= 0.3 is 0 Å². The van der Waals surface area contributed by atoms with Crippen molar-refractivity contribution in [1.82, 2.24) is 5.43 Å². The summed E-state index contributed by atoms with van der Waals surface area (Å²) in [6.45, 7) is 3.66. The number of carbonyl (C=O) groups is 1. The molecule has 3 N–H and O–H groups in total. The summed E-state index contributed by atoms with van der Waals surface area (Å²) >= 11 is 3.41. The fourth-order valence-corrected chi connectivity index (χ4v) is 2.05. The SMILES string of the molecule is CC(C)(C(=O)NN)c1ccccc1Br. The second kappa shape index (κ2) is 4.11. The molecule has 1 rings (SSSR count). The first kappa shape index (κ1) is 11.2. The minimum Gasteiger partial charge on any atom is -0.294 e. The van der Waals surface area contributed by atoms with Gasteiger partial charge in [0.15, 0.2) is 0 Å². The van der Waals surface area contributed by atoms with E-state index in [1.54, 1.807) is 0 Å². The molecule has 76 valence electrons. The van der Waals surface area contributed by atoms with Gasteiger partial charge in [-0.1, -0.05) is 34.1 Å². The number of nitrogens with one attached hydrogen (secondary N) is 1. The Morgan fingerprint density at radius 2 is 2.00 bits per heavy atom. The molecule has 3 nitrogen and oxygen atoms in total. The first-order valence-corrected chi connectivity index (χ1v) is 5.05. The Hall–Kier alpha value is -0.870. The lowest BCUT2D eigenvalue weighted by Crippen LogP contribution is -2.43. The smallest absolute Gasteiger partial charge is 0.244 e. The van der Waals surface area contributed by atoms with Crippen LogP contribution in [0.3, 0.4) is 0 Å². The molecule has 0 fully saturated rings. The Bertz CT molecular complexity index is 350. The lowest BCUT2D eigenvalue weighted by molar-refractivity contribution is -0.125. The molecule has 0 aliphatic rings. The van der Waals surface area contributed by atoms with Gasteiger partial charge in [-0.3, -0.25) is 10.2 Å². The van der Waals surface area contributed by atoms with Crippen molar-refractivity contribution in [2.45, 2.75) is 19.3 Å². The topological polar surface area (TPSA) is 55.1 Å². The monoisotopic (exact) mass is 256 g/mol. The Morgan fingerprint density at radius 3 is 2.50 bits per heavy atom. The molecule has 0 saturated carbocycles. The molecule has 1 amide bonds. The van der Waals surface area contributed by atoms with Crippen LogP contribution in [-0.2, 0) is 10.2 Å². The maximum Gasteiger partial charge on any atom is 0.244 e. The Morgan fingerprint density at radius 1 is 1.43 bits per heavy atom. The number of rotatable bonds is 2. The van der Waals surface area contributed by atoms with Crippen LogP contribution in [0.25, 0.3) is 0 Å². The van der Waals surface area contributed by atoms with E-state index in [1.807, 2.05) is 38.1 Å². The molecule has 4 heteroatoms. The zero-order valence-electron chi connectivity index (χ0n) is 8.17. The van der Waals surface area contributed by atoms with Crippen LogP contribution < -0.4 is 11.3 Å². The van der Waals surface area contributed by atoms with Crippen molar-refractivity contribution < 1.29 is 4.79 Å². The van der Waals surface area contributed by atoms with Crippen LogP contribution in [-0.4, -0.2) is 5.91 Å². The predicted molar refractivity (Wildman–Crippen MR) is 59.5 cm³/mol. The molecule has 14 heavy (non-hydrogen) atoms. The summed E-state index contributed by atoms with van der Waals surface area (Å²) in [5.74, 6) is 4.93. The fraction of sp³-hybridized carbons (Fsp3) is 0.300. The fourth-order valence-electron chi connectivity index (χ4n) is 1.27. The molecule has 0 saturated heterocycles. The van der Waals surface area contributed by atoms with E-state index in [0.717, 1.165) is 10.0 Å². The van der Waals surface area contributed by atoms with E-state index in [4.69, 9.17) is 5.84 Å². The molecule has 0 radical (unpaired) electrons. The minimum atomic E-state index is -0.630. The highest BCUT2D eigenvalue weighted by Gasteiger charge is 2.30. The normalized spacial score (nSPS) is 11.1. The zero-order valence-corrected chi connectivity index (χ0v) is 9.76. The van der Waals surface area contributed by atoms with Crippen molar-refractivity contribution in [3.8, 4) is 0 Å². The van der Waals surface area contributed by atoms with Crippen LogP contribution in [0.1, 0.15) is 19.4 Å². The van der Waals surface area contributed by atoms with Crippen molar-refractivity contribution in [1.29, 1.82) is 0 Å². The molecule has 0 unspecified atom stereocenters.